The van der Waals surface area contributed by atoms with Gasteiger partial charge in [0.15, 0.2) is 5.41 Å². The van der Waals surface area contributed by atoms with Crippen molar-refractivity contribution in [1.82, 2.24) is 15.5 Å². The first kappa shape index (κ1) is 17.2. The van der Waals surface area contributed by atoms with Crippen molar-refractivity contribution in [3.8, 4) is 0 Å². The summed E-state index contributed by atoms with van der Waals surface area (Å²) in [6.45, 7) is 1.35. The van der Waals surface area contributed by atoms with Crippen LogP contribution in [0.25, 0.3) is 0 Å². The largest absolute Gasteiger partial charge is 0.404 e. The maximum atomic E-state index is 13.0. The van der Waals surface area contributed by atoms with Crippen molar-refractivity contribution < 1.29 is 22.7 Å². The number of rotatable bonds is 7. The van der Waals surface area contributed by atoms with Gasteiger partial charge in [-0.2, -0.15) is 13.2 Å². The summed E-state index contributed by atoms with van der Waals surface area (Å²) in [5, 5.41) is 4.93. The van der Waals surface area contributed by atoms with Gasteiger partial charge in [-0.15, -0.1) is 0 Å². The SMILES string of the molecule is CN(C)CCOCCNC(=O)C1(C(F)(F)F)CCNC1. The lowest BCUT2D eigenvalue weighted by molar-refractivity contribution is -0.216. The highest BCUT2D eigenvalue weighted by atomic mass is 19.4. The predicted molar refractivity (Wildman–Crippen MR) is 68.4 cm³/mol. The normalized spacial score (nSPS) is 23.3. The molecule has 8 heteroatoms. The van der Waals surface area contributed by atoms with Crippen molar-refractivity contribution >= 4 is 5.91 Å². The molecule has 1 aliphatic heterocycles. The second kappa shape index (κ2) is 7.24. The Bertz CT molecular complexity index is 316. The highest BCUT2D eigenvalue weighted by molar-refractivity contribution is 5.84. The molecule has 0 aromatic carbocycles. The molecule has 1 unspecified atom stereocenters. The van der Waals surface area contributed by atoms with Gasteiger partial charge in [0.25, 0.3) is 0 Å². The van der Waals surface area contributed by atoms with E-state index in [2.05, 4.69) is 10.6 Å². The molecule has 0 spiro atoms. The Morgan fingerprint density at radius 3 is 2.60 bits per heavy atom. The Morgan fingerprint density at radius 1 is 1.40 bits per heavy atom. The quantitative estimate of drug-likeness (QED) is 0.660. The molecule has 1 heterocycles. The lowest BCUT2D eigenvalue weighted by Crippen LogP contribution is -2.52. The molecule has 1 fully saturated rings. The lowest BCUT2D eigenvalue weighted by Gasteiger charge is -2.29. The van der Waals surface area contributed by atoms with E-state index >= 15 is 0 Å². The number of likely N-dealkylation sites (N-methyl/N-ethyl adjacent to an activating group) is 1. The van der Waals surface area contributed by atoms with Crippen LogP contribution in [0.2, 0.25) is 0 Å². The van der Waals surface area contributed by atoms with Crippen molar-refractivity contribution in [2.45, 2.75) is 12.6 Å². The van der Waals surface area contributed by atoms with Gasteiger partial charge in [-0.05, 0) is 27.1 Å². The van der Waals surface area contributed by atoms with Gasteiger partial charge in [0.1, 0.15) is 0 Å². The third-order valence-electron chi connectivity index (χ3n) is 3.35. The first-order valence-corrected chi connectivity index (χ1v) is 6.58. The Kier molecular flexibility index (Phi) is 6.22. The monoisotopic (exact) mass is 297 g/mol. The molecule has 20 heavy (non-hydrogen) atoms. The first-order chi connectivity index (χ1) is 9.29. The molecule has 1 amide bonds. The number of ether oxygens (including phenoxy) is 1. The number of hydrogen-bond donors (Lipinski definition) is 2. The topological polar surface area (TPSA) is 53.6 Å². The fourth-order valence-electron chi connectivity index (χ4n) is 2.01. The van der Waals surface area contributed by atoms with Crippen molar-refractivity contribution in [2.75, 3.05) is 53.5 Å². The number of carbonyl (C=O) groups is 1. The van der Waals surface area contributed by atoms with Crippen LogP contribution < -0.4 is 10.6 Å². The zero-order chi connectivity index (χ0) is 15.2. The number of halogens is 3. The third-order valence-corrected chi connectivity index (χ3v) is 3.35. The van der Waals surface area contributed by atoms with Crippen LogP contribution in [0.4, 0.5) is 13.2 Å². The zero-order valence-electron chi connectivity index (χ0n) is 11.8. The van der Waals surface area contributed by atoms with Crippen LogP contribution in [0.3, 0.4) is 0 Å². The predicted octanol–water partition coefficient (Wildman–Crippen LogP) is 0.223. The van der Waals surface area contributed by atoms with E-state index < -0.39 is 17.5 Å². The minimum atomic E-state index is -4.54. The van der Waals surface area contributed by atoms with Gasteiger partial charge < -0.3 is 20.3 Å². The summed E-state index contributed by atoms with van der Waals surface area (Å²) >= 11 is 0. The van der Waals surface area contributed by atoms with Gasteiger partial charge in [-0.3, -0.25) is 4.79 Å². The first-order valence-electron chi connectivity index (χ1n) is 6.58. The smallest absolute Gasteiger partial charge is 0.378 e. The average Bonchev–Trinajstić information content (AvgIpc) is 2.82. The van der Waals surface area contributed by atoms with Crippen molar-refractivity contribution in [2.24, 2.45) is 5.41 Å². The van der Waals surface area contributed by atoms with Crippen LogP contribution in [0.5, 0.6) is 0 Å². The molecule has 0 aliphatic carbocycles. The summed E-state index contributed by atoms with van der Waals surface area (Å²) in [6.07, 6.45) is -4.75. The number of nitrogens with zero attached hydrogens (tertiary/aromatic N) is 1. The molecule has 1 atom stereocenters. The van der Waals surface area contributed by atoms with E-state index in [4.69, 9.17) is 4.74 Å². The lowest BCUT2D eigenvalue weighted by atomic mass is 9.85. The minimum Gasteiger partial charge on any atom is -0.378 e. The molecule has 1 saturated heterocycles. The second-order valence-electron chi connectivity index (χ2n) is 5.18. The molecule has 1 aliphatic rings. The van der Waals surface area contributed by atoms with E-state index in [-0.39, 0.29) is 32.7 Å². The zero-order valence-corrected chi connectivity index (χ0v) is 11.8. The molecular weight excluding hydrogens is 275 g/mol. The number of nitrogens with one attached hydrogen (secondary N) is 2. The Labute approximate surface area is 116 Å². The van der Waals surface area contributed by atoms with Gasteiger partial charge in [0.05, 0.1) is 13.2 Å². The van der Waals surface area contributed by atoms with E-state index in [1.807, 2.05) is 19.0 Å². The maximum Gasteiger partial charge on any atom is 0.404 e. The Balaban J connectivity index is 2.34. The van der Waals surface area contributed by atoms with Gasteiger partial charge >= 0.3 is 6.18 Å². The molecule has 1 rings (SSSR count). The van der Waals surface area contributed by atoms with Crippen molar-refractivity contribution in [3.63, 3.8) is 0 Å². The molecule has 0 saturated carbocycles. The van der Waals surface area contributed by atoms with Crippen molar-refractivity contribution in [1.29, 1.82) is 0 Å². The van der Waals surface area contributed by atoms with Crippen LogP contribution in [0.15, 0.2) is 0 Å². The Morgan fingerprint density at radius 2 is 2.10 bits per heavy atom. The number of carbonyl (C=O) groups excluding carboxylic acids is 1. The standard InChI is InChI=1S/C12H22F3N3O2/c1-18(2)6-8-20-7-5-17-10(19)11(12(13,14)15)3-4-16-9-11/h16H,3-9H2,1-2H3,(H,17,19). The van der Waals surface area contributed by atoms with Gasteiger partial charge in [0.2, 0.25) is 5.91 Å². The van der Waals surface area contributed by atoms with Crippen LogP contribution in [-0.2, 0) is 9.53 Å². The number of amides is 1. The fourth-order valence-corrected chi connectivity index (χ4v) is 2.01. The summed E-state index contributed by atoms with van der Waals surface area (Å²) in [7, 11) is 3.79. The van der Waals surface area contributed by atoms with Crippen molar-refractivity contribution in [3.05, 3.63) is 0 Å². The highest BCUT2D eigenvalue weighted by Gasteiger charge is 2.61. The molecule has 0 radical (unpaired) electrons. The summed E-state index contributed by atoms with van der Waals surface area (Å²) in [5.74, 6) is -0.966. The second-order valence-corrected chi connectivity index (χ2v) is 5.18. The summed E-state index contributed by atoms with van der Waals surface area (Å²) in [5.41, 5.74) is -2.30. The van der Waals surface area contributed by atoms with E-state index in [1.165, 1.54) is 0 Å². The summed E-state index contributed by atoms with van der Waals surface area (Å²) in [4.78, 5) is 13.8. The molecule has 0 bridgehead atoms. The highest BCUT2D eigenvalue weighted by Crippen LogP contribution is 2.43. The van der Waals surface area contributed by atoms with E-state index in [0.29, 0.717) is 6.61 Å². The fraction of sp³-hybridized carbons (Fsp3) is 0.917. The van der Waals surface area contributed by atoms with Gasteiger partial charge in [0, 0.05) is 19.6 Å². The number of alkyl halides is 3. The molecule has 5 nitrogen and oxygen atoms in total. The van der Waals surface area contributed by atoms with E-state index in [0.717, 1.165) is 6.54 Å². The van der Waals surface area contributed by atoms with Crippen LogP contribution in [0, 0.1) is 5.41 Å². The van der Waals surface area contributed by atoms with Gasteiger partial charge in [-0.25, -0.2) is 0 Å². The molecule has 118 valence electrons. The maximum absolute atomic E-state index is 13.0. The molecule has 2 N–H and O–H groups in total. The number of hydrogen-bond acceptors (Lipinski definition) is 4. The minimum absolute atomic E-state index is 0.0874. The molecule has 0 aromatic heterocycles. The summed E-state index contributed by atoms with van der Waals surface area (Å²) in [6, 6.07) is 0. The average molecular weight is 297 g/mol. The molecule has 0 aromatic rings. The summed E-state index contributed by atoms with van der Waals surface area (Å²) < 4.78 is 44.4. The molecular formula is C12H22F3N3O2. The third kappa shape index (κ3) is 4.32. The van der Waals surface area contributed by atoms with Crippen LogP contribution >= 0.6 is 0 Å². The van der Waals surface area contributed by atoms with E-state index in [9.17, 15) is 18.0 Å². The Hall–Kier alpha value is -0.860. The van der Waals surface area contributed by atoms with E-state index in [1.54, 1.807) is 0 Å². The van der Waals surface area contributed by atoms with Crippen LogP contribution in [0.1, 0.15) is 6.42 Å². The van der Waals surface area contributed by atoms with Gasteiger partial charge in [-0.1, -0.05) is 0 Å². The van der Waals surface area contributed by atoms with Crippen LogP contribution in [-0.4, -0.2) is 70.5 Å².